The fourth-order valence-corrected chi connectivity index (χ4v) is 9.48. The van der Waals surface area contributed by atoms with Crippen LogP contribution in [0, 0.1) is 5.92 Å². The van der Waals surface area contributed by atoms with Crippen molar-refractivity contribution in [3.8, 4) is 0 Å². The molecular formula is C39H35N3S. The van der Waals surface area contributed by atoms with Gasteiger partial charge < -0.3 is 5.32 Å². The number of fused-ring (bicyclic) bond motifs is 6. The van der Waals surface area contributed by atoms with Crippen LogP contribution >= 0.6 is 11.8 Å². The Kier molecular flexibility index (Phi) is 6.18. The third-order valence-electron chi connectivity index (χ3n) is 10.3. The SMILES string of the molecule is C1=CCC2CCC3=C(CCC4=C3CCC(C3=NC(c5ccccc5)N=C(c5ccc6c(c5)SC5C=CC=CC65)N3)=C4)C2=C1. The van der Waals surface area contributed by atoms with Crippen LogP contribution in [-0.4, -0.2) is 16.9 Å². The van der Waals surface area contributed by atoms with Gasteiger partial charge >= 0.3 is 0 Å². The Labute approximate surface area is 258 Å². The average molecular weight is 578 g/mol. The first-order chi connectivity index (χ1) is 21.3. The van der Waals surface area contributed by atoms with E-state index in [9.17, 15) is 0 Å². The van der Waals surface area contributed by atoms with E-state index in [4.69, 9.17) is 9.98 Å². The zero-order valence-corrected chi connectivity index (χ0v) is 25.1. The molecular weight excluding hydrogens is 543 g/mol. The Morgan fingerprint density at radius 3 is 2.63 bits per heavy atom. The second-order valence-corrected chi connectivity index (χ2v) is 13.9. The topological polar surface area (TPSA) is 36.8 Å². The van der Waals surface area contributed by atoms with Gasteiger partial charge in [-0.3, -0.25) is 0 Å². The predicted molar refractivity (Wildman–Crippen MR) is 179 cm³/mol. The van der Waals surface area contributed by atoms with Crippen molar-refractivity contribution in [2.75, 3.05) is 0 Å². The molecule has 0 bridgehead atoms. The van der Waals surface area contributed by atoms with E-state index in [-0.39, 0.29) is 6.17 Å². The highest BCUT2D eigenvalue weighted by Gasteiger charge is 2.34. The molecule has 4 heteroatoms. The zero-order valence-electron chi connectivity index (χ0n) is 24.3. The van der Waals surface area contributed by atoms with Gasteiger partial charge in [-0.25, -0.2) is 9.98 Å². The van der Waals surface area contributed by atoms with Gasteiger partial charge in [0.05, 0.1) is 0 Å². The molecule has 0 spiro atoms. The molecule has 4 unspecified atom stereocenters. The molecule has 9 rings (SSSR count). The molecule has 0 aromatic heterocycles. The maximum absolute atomic E-state index is 5.23. The van der Waals surface area contributed by atoms with Gasteiger partial charge in [-0.05, 0) is 101 Å². The summed E-state index contributed by atoms with van der Waals surface area (Å²) in [6, 6.07) is 17.5. The second kappa shape index (κ2) is 10.4. The molecule has 43 heavy (non-hydrogen) atoms. The number of nitrogens with zero attached hydrogens (tertiary/aromatic N) is 2. The summed E-state index contributed by atoms with van der Waals surface area (Å²) < 4.78 is 0. The van der Waals surface area contributed by atoms with Gasteiger partial charge in [0.15, 0.2) is 6.17 Å². The third kappa shape index (κ3) is 4.41. The average Bonchev–Trinajstić information content (AvgIpc) is 3.46. The van der Waals surface area contributed by atoms with Gasteiger partial charge in [-0.2, -0.15) is 0 Å². The maximum Gasteiger partial charge on any atom is 0.169 e. The van der Waals surface area contributed by atoms with Crippen LogP contribution in [0.2, 0.25) is 0 Å². The summed E-state index contributed by atoms with van der Waals surface area (Å²) in [5, 5.41) is 4.22. The summed E-state index contributed by atoms with van der Waals surface area (Å²) in [4.78, 5) is 11.8. The first-order valence-corrected chi connectivity index (χ1v) is 16.8. The van der Waals surface area contributed by atoms with Crippen LogP contribution in [0.4, 0.5) is 0 Å². The van der Waals surface area contributed by atoms with Crippen LogP contribution in [0.5, 0.6) is 0 Å². The Bertz CT molecular complexity index is 1810. The van der Waals surface area contributed by atoms with E-state index in [2.05, 4.69) is 102 Å². The fraction of sp³-hybridized carbons (Fsp3) is 0.282. The highest BCUT2D eigenvalue weighted by Crippen LogP contribution is 2.50. The Hall–Kier alpha value is -3.89. The minimum absolute atomic E-state index is 0.250. The highest BCUT2D eigenvalue weighted by molar-refractivity contribution is 8.00. The minimum Gasteiger partial charge on any atom is -0.325 e. The summed E-state index contributed by atoms with van der Waals surface area (Å²) in [5.74, 6) is 3.12. The quantitative estimate of drug-likeness (QED) is 0.395. The van der Waals surface area contributed by atoms with Crippen LogP contribution in [0.15, 0.2) is 145 Å². The lowest BCUT2D eigenvalue weighted by atomic mass is 9.68. The number of amidine groups is 2. The summed E-state index contributed by atoms with van der Waals surface area (Å²) in [6.45, 7) is 0. The molecule has 0 saturated heterocycles. The van der Waals surface area contributed by atoms with Crippen LogP contribution in [-0.2, 0) is 0 Å². The minimum atomic E-state index is -0.250. The molecule has 0 fully saturated rings. The molecule has 212 valence electrons. The largest absolute Gasteiger partial charge is 0.325 e. The smallest absolute Gasteiger partial charge is 0.169 e. The molecule has 0 amide bonds. The van der Waals surface area contributed by atoms with Crippen molar-refractivity contribution in [3.05, 3.63) is 147 Å². The highest BCUT2D eigenvalue weighted by atomic mass is 32.2. The van der Waals surface area contributed by atoms with Gasteiger partial charge in [0.25, 0.3) is 0 Å². The van der Waals surface area contributed by atoms with Crippen LogP contribution < -0.4 is 5.32 Å². The van der Waals surface area contributed by atoms with Gasteiger partial charge in [-0.1, -0.05) is 91.1 Å². The van der Waals surface area contributed by atoms with Crippen molar-refractivity contribution >= 4 is 23.4 Å². The number of allylic oxidation sites excluding steroid dienone is 12. The molecule has 2 aromatic carbocycles. The summed E-state index contributed by atoms with van der Waals surface area (Å²) in [6.07, 6.45) is 26.5. The van der Waals surface area contributed by atoms with Crippen molar-refractivity contribution in [1.29, 1.82) is 0 Å². The summed E-state index contributed by atoms with van der Waals surface area (Å²) in [5.41, 5.74) is 13.2. The summed E-state index contributed by atoms with van der Waals surface area (Å²) >= 11 is 1.97. The molecule has 2 aliphatic heterocycles. The van der Waals surface area contributed by atoms with Gasteiger partial charge in [0, 0.05) is 21.6 Å². The lowest BCUT2D eigenvalue weighted by Crippen LogP contribution is -2.37. The van der Waals surface area contributed by atoms with Crippen molar-refractivity contribution < 1.29 is 0 Å². The van der Waals surface area contributed by atoms with E-state index in [0.717, 1.165) is 48.0 Å². The molecule has 0 radical (unpaired) electrons. The molecule has 2 heterocycles. The van der Waals surface area contributed by atoms with Gasteiger partial charge in [0.2, 0.25) is 0 Å². The van der Waals surface area contributed by atoms with Crippen LogP contribution in [0.25, 0.3) is 0 Å². The maximum atomic E-state index is 5.23. The van der Waals surface area contributed by atoms with Crippen molar-refractivity contribution in [3.63, 3.8) is 0 Å². The standard InChI is InChI=1S/C39H35N3S/c1-2-9-25(10-3-1)37-40-38(42-39(41-37)28-17-21-34-33-12-6-7-13-35(33)43-36(34)23-28)27-16-18-30-26(22-27)15-20-31-29-11-5-4-8-24(29)14-19-32(30)31/h1-7,9-13,17,21-24,33,35,37H,8,14-16,18-20H2,(H,40,41,42). The van der Waals surface area contributed by atoms with E-state index in [0.29, 0.717) is 11.2 Å². The zero-order chi connectivity index (χ0) is 28.3. The van der Waals surface area contributed by atoms with E-state index in [1.807, 2.05) is 11.8 Å². The molecule has 3 nitrogen and oxygen atoms in total. The second-order valence-electron chi connectivity index (χ2n) is 12.6. The van der Waals surface area contributed by atoms with E-state index in [1.54, 1.807) is 22.3 Å². The van der Waals surface area contributed by atoms with Crippen molar-refractivity contribution in [2.45, 2.75) is 67.2 Å². The summed E-state index contributed by atoms with van der Waals surface area (Å²) in [7, 11) is 0. The predicted octanol–water partition coefficient (Wildman–Crippen LogP) is 9.22. The van der Waals surface area contributed by atoms with E-state index in [1.165, 1.54) is 47.3 Å². The third-order valence-corrected chi connectivity index (χ3v) is 11.6. The number of thioether (sulfide) groups is 1. The number of rotatable bonds is 3. The molecule has 7 aliphatic rings. The Morgan fingerprint density at radius 1 is 0.791 bits per heavy atom. The van der Waals surface area contributed by atoms with Crippen LogP contribution in [0.3, 0.4) is 0 Å². The number of nitrogens with one attached hydrogen (secondary N) is 1. The Morgan fingerprint density at radius 2 is 1.67 bits per heavy atom. The number of benzene rings is 2. The number of hydrogen-bond donors (Lipinski definition) is 1. The first-order valence-electron chi connectivity index (χ1n) is 15.9. The number of aliphatic imine (C=N–C) groups is 2. The van der Waals surface area contributed by atoms with Gasteiger partial charge in [-0.15, -0.1) is 11.8 Å². The molecule has 5 aliphatic carbocycles. The normalized spacial score (nSPS) is 28.5. The first kappa shape index (κ1) is 25.6. The molecule has 2 aromatic rings. The van der Waals surface area contributed by atoms with Crippen LogP contribution in [0.1, 0.15) is 73.7 Å². The van der Waals surface area contributed by atoms with E-state index < -0.39 is 0 Å². The molecule has 0 saturated carbocycles. The molecule has 1 N–H and O–H groups in total. The molecule has 4 atom stereocenters. The number of hydrogen-bond acceptors (Lipinski definition) is 4. The monoisotopic (exact) mass is 577 g/mol. The van der Waals surface area contributed by atoms with Gasteiger partial charge in [0.1, 0.15) is 11.7 Å². The van der Waals surface area contributed by atoms with E-state index >= 15 is 0 Å². The van der Waals surface area contributed by atoms with Crippen molar-refractivity contribution in [1.82, 2.24) is 5.32 Å². The van der Waals surface area contributed by atoms with Crippen molar-refractivity contribution in [2.24, 2.45) is 15.9 Å². The lowest BCUT2D eigenvalue weighted by Gasteiger charge is -2.37. The fourth-order valence-electron chi connectivity index (χ4n) is 8.09. The Balaban J connectivity index is 1.07. The lowest BCUT2D eigenvalue weighted by molar-refractivity contribution is 0.530.